The van der Waals surface area contributed by atoms with Crippen molar-refractivity contribution in [3.8, 4) is 0 Å². The van der Waals surface area contributed by atoms with Gasteiger partial charge in [0.05, 0.1) is 0 Å². The number of aromatic nitrogens is 4. The van der Waals surface area contributed by atoms with Gasteiger partial charge in [0, 0.05) is 31.5 Å². The summed E-state index contributed by atoms with van der Waals surface area (Å²) in [7, 11) is 3.16. The highest BCUT2D eigenvalue weighted by Gasteiger charge is 2.19. The lowest BCUT2D eigenvalue weighted by molar-refractivity contribution is 0.698. The molecule has 7 heteroatoms. The molecule has 0 aliphatic heterocycles. The Morgan fingerprint density at radius 3 is 2.34 bits per heavy atom. The monoisotopic (exact) mass is 452 g/mol. The normalized spacial score (nSPS) is 11.3. The molecular weight excluding hydrogens is 432 g/mol. The Hall–Kier alpha value is -2.93. The van der Waals surface area contributed by atoms with Crippen molar-refractivity contribution >= 4 is 27.1 Å². The second-order valence-electron chi connectivity index (χ2n) is 7.11. The van der Waals surface area contributed by atoms with Crippen LogP contribution in [0, 0.1) is 0 Å². The lowest BCUT2D eigenvalue weighted by Crippen LogP contribution is -2.37. The number of aryl methyl sites for hydroxylation is 3. The summed E-state index contributed by atoms with van der Waals surface area (Å²) < 4.78 is 5.51. The Morgan fingerprint density at radius 2 is 1.62 bits per heavy atom. The quantitative estimate of drug-likeness (QED) is 0.467. The van der Waals surface area contributed by atoms with Crippen LogP contribution in [-0.2, 0) is 33.5 Å². The van der Waals surface area contributed by atoms with Gasteiger partial charge in [-0.25, -0.2) is 9.78 Å². The number of rotatable bonds is 5. The maximum atomic E-state index is 12.9. The van der Waals surface area contributed by atoms with E-state index in [1.165, 1.54) is 17.2 Å². The van der Waals surface area contributed by atoms with Crippen molar-refractivity contribution in [1.82, 2.24) is 18.7 Å². The van der Waals surface area contributed by atoms with Crippen LogP contribution in [0.1, 0.15) is 17.0 Å². The summed E-state index contributed by atoms with van der Waals surface area (Å²) >= 11 is 3.51. The minimum absolute atomic E-state index is 0.323. The standard InChI is InChI=1S/C22H21BrN4O2/c1-25-20-19(21(28)26(2)22(25)29)27(14-16-9-6-10-17(23)13-16)18(24-20)12-11-15-7-4-3-5-8-15/h3-10,13H,11-12,14H2,1-2H3. The zero-order valence-electron chi connectivity index (χ0n) is 16.3. The van der Waals surface area contributed by atoms with Crippen molar-refractivity contribution in [2.24, 2.45) is 14.1 Å². The third kappa shape index (κ3) is 3.70. The van der Waals surface area contributed by atoms with Crippen LogP contribution in [0.25, 0.3) is 11.2 Å². The summed E-state index contributed by atoms with van der Waals surface area (Å²) in [5.41, 5.74) is 2.44. The van der Waals surface area contributed by atoms with Gasteiger partial charge in [-0.3, -0.25) is 13.9 Å². The zero-order chi connectivity index (χ0) is 20.5. The van der Waals surface area contributed by atoms with E-state index in [-0.39, 0.29) is 11.2 Å². The van der Waals surface area contributed by atoms with Gasteiger partial charge in [0.25, 0.3) is 5.56 Å². The summed E-state index contributed by atoms with van der Waals surface area (Å²) in [5.74, 6) is 0.794. The summed E-state index contributed by atoms with van der Waals surface area (Å²) in [4.78, 5) is 30.0. The van der Waals surface area contributed by atoms with Gasteiger partial charge in [-0.05, 0) is 29.7 Å². The average molecular weight is 453 g/mol. The molecule has 0 fully saturated rings. The molecule has 0 radical (unpaired) electrons. The number of hydrogen-bond donors (Lipinski definition) is 0. The average Bonchev–Trinajstić information content (AvgIpc) is 3.08. The number of nitrogens with zero attached hydrogens (tertiary/aromatic N) is 4. The second-order valence-corrected chi connectivity index (χ2v) is 8.02. The maximum Gasteiger partial charge on any atom is 0.332 e. The van der Waals surface area contributed by atoms with Gasteiger partial charge in [0.1, 0.15) is 5.82 Å². The van der Waals surface area contributed by atoms with Crippen LogP contribution in [0.4, 0.5) is 0 Å². The number of benzene rings is 2. The third-order valence-electron chi connectivity index (χ3n) is 5.14. The molecule has 0 N–H and O–H groups in total. The Balaban J connectivity index is 1.86. The summed E-state index contributed by atoms with van der Waals surface area (Å²) in [6, 6.07) is 18.2. The van der Waals surface area contributed by atoms with Gasteiger partial charge in [0.15, 0.2) is 11.2 Å². The molecule has 0 unspecified atom stereocenters. The van der Waals surface area contributed by atoms with E-state index in [9.17, 15) is 9.59 Å². The first-order valence-electron chi connectivity index (χ1n) is 9.39. The van der Waals surface area contributed by atoms with Gasteiger partial charge in [-0.1, -0.05) is 58.4 Å². The second kappa shape index (κ2) is 7.83. The van der Waals surface area contributed by atoms with Crippen LogP contribution in [0.3, 0.4) is 0 Å². The first kappa shape index (κ1) is 19.4. The molecule has 6 nitrogen and oxygen atoms in total. The predicted molar refractivity (Wildman–Crippen MR) is 117 cm³/mol. The van der Waals surface area contributed by atoms with E-state index in [4.69, 9.17) is 4.98 Å². The summed E-state index contributed by atoms with van der Waals surface area (Å²) in [6.45, 7) is 0.507. The lowest BCUT2D eigenvalue weighted by atomic mass is 10.1. The Labute approximate surface area is 176 Å². The molecular formula is C22H21BrN4O2. The van der Waals surface area contributed by atoms with Crippen molar-refractivity contribution in [3.63, 3.8) is 0 Å². The molecule has 0 aliphatic rings. The fourth-order valence-corrected chi connectivity index (χ4v) is 4.02. The Morgan fingerprint density at radius 1 is 0.897 bits per heavy atom. The molecule has 0 bridgehead atoms. The minimum atomic E-state index is -0.371. The molecule has 2 aromatic heterocycles. The highest BCUT2D eigenvalue weighted by atomic mass is 79.9. The maximum absolute atomic E-state index is 12.9. The fraction of sp³-hybridized carbons (Fsp3) is 0.227. The highest BCUT2D eigenvalue weighted by Crippen LogP contribution is 2.18. The summed E-state index contributed by atoms with van der Waals surface area (Å²) in [5, 5.41) is 0. The van der Waals surface area contributed by atoms with Crippen molar-refractivity contribution in [1.29, 1.82) is 0 Å². The van der Waals surface area contributed by atoms with Crippen LogP contribution in [0.5, 0.6) is 0 Å². The first-order valence-corrected chi connectivity index (χ1v) is 10.2. The number of halogens is 1. The van der Waals surface area contributed by atoms with E-state index in [2.05, 4.69) is 28.1 Å². The lowest BCUT2D eigenvalue weighted by Gasteiger charge is -2.10. The molecule has 148 valence electrons. The topological polar surface area (TPSA) is 61.8 Å². The van der Waals surface area contributed by atoms with Crippen molar-refractivity contribution in [2.45, 2.75) is 19.4 Å². The molecule has 0 atom stereocenters. The van der Waals surface area contributed by atoms with E-state index < -0.39 is 0 Å². The van der Waals surface area contributed by atoms with Crippen LogP contribution < -0.4 is 11.2 Å². The van der Waals surface area contributed by atoms with E-state index in [0.29, 0.717) is 24.1 Å². The first-order chi connectivity index (χ1) is 14.0. The van der Waals surface area contributed by atoms with E-state index in [1.807, 2.05) is 47.0 Å². The highest BCUT2D eigenvalue weighted by molar-refractivity contribution is 9.10. The Kier molecular flexibility index (Phi) is 5.24. The predicted octanol–water partition coefficient (Wildman–Crippen LogP) is 3.03. The van der Waals surface area contributed by atoms with Crippen LogP contribution >= 0.6 is 15.9 Å². The van der Waals surface area contributed by atoms with Gasteiger partial charge in [0.2, 0.25) is 0 Å². The molecule has 2 heterocycles. The molecule has 2 aromatic carbocycles. The van der Waals surface area contributed by atoms with Gasteiger partial charge in [-0.2, -0.15) is 0 Å². The van der Waals surface area contributed by atoms with E-state index >= 15 is 0 Å². The number of fused-ring (bicyclic) bond motifs is 1. The van der Waals surface area contributed by atoms with Gasteiger partial charge in [-0.15, -0.1) is 0 Å². The van der Waals surface area contributed by atoms with Crippen LogP contribution in [0.2, 0.25) is 0 Å². The molecule has 29 heavy (non-hydrogen) atoms. The van der Waals surface area contributed by atoms with Crippen molar-refractivity contribution < 1.29 is 0 Å². The largest absolute Gasteiger partial charge is 0.332 e. The fourth-order valence-electron chi connectivity index (χ4n) is 3.57. The summed E-state index contributed by atoms with van der Waals surface area (Å²) in [6.07, 6.45) is 1.47. The van der Waals surface area contributed by atoms with E-state index in [0.717, 1.165) is 26.8 Å². The third-order valence-corrected chi connectivity index (χ3v) is 5.63. The number of hydrogen-bond acceptors (Lipinski definition) is 3. The minimum Gasteiger partial charge on any atom is -0.318 e. The van der Waals surface area contributed by atoms with Gasteiger partial charge < -0.3 is 4.57 Å². The van der Waals surface area contributed by atoms with Crippen molar-refractivity contribution in [3.05, 3.63) is 96.9 Å². The molecule has 0 amide bonds. The molecule has 4 rings (SSSR count). The Bertz CT molecular complexity index is 1300. The smallest absolute Gasteiger partial charge is 0.318 e. The zero-order valence-corrected chi connectivity index (χ0v) is 17.9. The molecule has 0 saturated heterocycles. The van der Waals surface area contributed by atoms with Crippen LogP contribution in [-0.4, -0.2) is 18.7 Å². The number of imidazole rings is 1. The SMILES string of the molecule is Cn1c(=O)c2c(nc(CCc3ccccc3)n2Cc2cccc(Br)c2)n(C)c1=O. The molecule has 4 aromatic rings. The molecule has 0 aliphatic carbocycles. The van der Waals surface area contributed by atoms with Crippen molar-refractivity contribution in [2.75, 3.05) is 0 Å². The van der Waals surface area contributed by atoms with Gasteiger partial charge >= 0.3 is 5.69 Å². The molecule has 0 saturated carbocycles. The van der Waals surface area contributed by atoms with E-state index in [1.54, 1.807) is 7.05 Å². The van der Waals surface area contributed by atoms with Crippen LogP contribution in [0.15, 0.2) is 68.7 Å². The molecule has 0 spiro atoms.